The molecule has 1 fully saturated rings. The maximum atomic E-state index is 12.7. The van der Waals surface area contributed by atoms with Gasteiger partial charge in [0.1, 0.15) is 0 Å². The molecule has 0 radical (unpaired) electrons. The van der Waals surface area contributed by atoms with E-state index in [1.54, 1.807) is 0 Å². The quantitative estimate of drug-likeness (QED) is 0.840. The van der Waals surface area contributed by atoms with Crippen molar-refractivity contribution in [3.63, 3.8) is 0 Å². The van der Waals surface area contributed by atoms with Crippen LogP contribution < -0.4 is 16.6 Å². The Morgan fingerprint density at radius 1 is 1.24 bits per heavy atom. The molecule has 8 heteroatoms. The maximum Gasteiger partial charge on any atom is 0.416 e. The van der Waals surface area contributed by atoms with Crippen LogP contribution in [0.3, 0.4) is 0 Å². The van der Waals surface area contributed by atoms with Crippen LogP contribution in [0.1, 0.15) is 24.6 Å². The van der Waals surface area contributed by atoms with Crippen LogP contribution in [0, 0.1) is 0 Å². The molecule has 2 N–H and O–H groups in total. The van der Waals surface area contributed by atoms with Crippen molar-refractivity contribution in [2.45, 2.75) is 25.2 Å². The molecule has 112 valence electrons. The zero-order chi connectivity index (χ0) is 15.2. The predicted molar refractivity (Wildman–Crippen MR) is 70.1 cm³/mol. The Kier molecular flexibility index (Phi) is 3.12. The first-order valence-corrected chi connectivity index (χ1v) is 6.47. The number of nitrogens with zero attached hydrogens (tertiary/aromatic N) is 1. The van der Waals surface area contributed by atoms with Crippen molar-refractivity contribution in [3.8, 4) is 0 Å². The number of aromatic amines is 1. The monoisotopic (exact) mass is 299 g/mol. The highest BCUT2D eigenvalue weighted by Gasteiger charge is 2.31. The van der Waals surface area contributed by atoms with Crippen molar-refractivity contribution in [1.29, 1.82) is 0 Å². The molecular weight excluding hydrogens is 287 g/mol. The summed E-state index contributed by atoms with van der Waals surface area (Å²) in [4.78, 5) is 26.7. The summed E-state index contributed by atoms with van der Waals surface area (Å²) in [6.07, 6.45) is -3.46. The number of halogens is 3. The second-order valence-electron chi connectivity index (χ2n) is 4.98. The van der Waals surface area contributed by atoms with Crippen LogP contribution in [0.5, 0.6) is 0 Å². The van der Waals surface area contributed by atoms with Gasteiger partial charge in [0, 0.05) is 0 Å². The Morgan fingerprint density at radius 3 is 2.62 bits per heavy atom. The zero-order valence-electron chi connectivity index (χ0n) is 10.8. The third-order valence-corrected chi connectivity index (χ3v) is 3.60. The molecule has 1 aliphatic rings. The number of rotatable bonds is 1. The van der Waals surface area contributed by atoms with E-state index >= 15 is 0 Å². The number of hydrogen-bond acceptors (Lipinski definition) is 3. The van der Waals surface area contributed by atoms with Crippen LogP contribution in [0.4, 0.5) is 13.2 Å². The van der Waals surface area contributed by atoms with Gasteiger partial charge in [-0.15, -0.1) is 0 Å². The Bertz CT molecular complexity index is 801. The molecule has 1 aromatic carbocycles. The third-order valence-electron chi connectivity index (χ3n) is 3.60. The molecule has 0 saturated carbocycles. The normalized spacial score (nSPS) is 19.3. The van der Waals surface area contributed by atoms with Crippen molar-refractivity contribution in [1.82, 2.24) is 14.9 Å². The molecule has 1 aromatic heterocycles. The first-order chi connectivity index (χ1) is 9.88. The highest BCUT2D eigenvalue weighted by Crippen LogP contribution is 2.30. The summed E-state index contributed by atoms with van der Waals surface area (Å²) in [6.45, 7) is 0.696. The Balaban J connectivity index is 2.22. The van der Waals surface area contributed by atoms with Gasteiger partial charge in [0.25, 0.3) is 5.56 Å². The second-order valence-corrected chi connectivity index (χ2v) is 4.98. The second kappa shape index (κ2) is 4.73. The van der Waals surface area contributed by atoms with Crippen molar-refractivity contribution in [2.75, 3.05) is 6.54 Å². The van der Waals surface area contributed by atoms with Crippen molar-refractivity contribution in [3.05, 3.63) is 44.6 Å². The van der Waals surface area contributed by atoms with E-state index < -0.39 is 29.2 Å². The lowest BCUT2D eigenvalue weighted by Gasteiger charge is -2.14. The average Bonchev–Trinajstić information content (AvgIpc) is 2.90. The van der Waals surface area contributed by atoms with Crippen LogP contribution in [0.2, 0.25) is 0 Å². The molecule has 0 amide bonds. The summed E-state index contributed by atoms with van der Waals surface area (Å²) in [6, 6.07) is 2.72. The van der Waals surface area contributed by atoms with E-state index in [4.69, 9.17) is 0 Å². The van der Waals surface area contributed by atoms with E-state index in [0.717, 1.165) is 29.2 Å². The molecule has 2 aromatic rings. The standard InChI is InChI=1S/C13H12F3N3O2/c14-13(15,16)7-3-4-8-9(6-7)18-12(21)19(11(8)20)10-2-1-5-17-10/h3-4,6,10,17H,1-2,5H2,(H,18,21). The van der Waals surface area contributed by atoms with E-state index in [1.807, 2.05) is 0 Å². The SMILES string of the molecule is O=c1[nH]c2cc(C(F)(F)F)ccc2c(=O)n1C1CCCN1. The largest absolute Gasteiger partial charge is 0.416 e. The molecule has 1 aliphatic heterocycles. The molecule has 21 heavy (non-hydrogen) atoms. The summed E-state index contributed by atoms with van der Waals surface area (Å²) >= 11 is 0. The highest BCUT2D eigenvalue weighted by molar-refractivity contribution is 5.78. The van der Waals surface area contributed by atoms with E-state index in [9.17, 15) is 22.8 Å². The van der Waals surface area contributed by atoms with Crippen LogP contribution in [-0.2, 0) is 6.18 Å². The van der Waals surface area contributed by atoms with Gasteiger partial charge in [-0.1, -0.05) is 0 Å². The topological polar surface area (TPSA) is 66.9 Å². The van der Waals surface area contributed by atoms with Gasteiger partial charge in [-0.3, -0.25) is 10.1 Å². The smallest absolute Gasteiger partial charge is 0.307 e. The fourth-order valence-electron chi connectivity index (χ4n) is 2.58. The minimum atomic E-state index is -4.52. The summed E-state index contributed by atoms with van der Waals surface area (Å²) in [5.41, 5.74) is -2.29. The molecule has 1 saturated heterocycles. The van der Waals surface area contributed by atoms with Crippen molar-refractivity contribution in [2.24, 2.45) is 0 Å². The fourth-order valence-corrected chi connectivity index (χ4v) is 2.58. The molecule has 1 atom stereocenters. The Hall–Kier alpha value is -2.09. The maximum absolute atomic E-state index is 12.7. The van der Waals surface area contributed by atoms with Crippen LogP contribution in [0.25, 0.3) is 10.9 Å². The molecule has 0 bridgehead atoms. The van der Waals surface area contributed by atoms with Gasteiger partial charge in [-0.25, -0.2) is 9.36 Å². The van der Waals surface area contributed by atoms with Gasteiger partial charge in [0.05, 0.1) is 22.6 Å². The van der Waals surface area contributed by atoms with E-state index in [0.29, 0.717) is 13.0 Å². The van der Waals surface area contributed by atoms with Gasteiger partial charge < -0.3 is 4.98 Å². The van der Waals surface area contributed by atoms with E-state index in [2.05, 4.69) is 10.3 Å². The molecule has 2 heterocycles. The van der Waals surface area contributed by atoms with Gasteiger partial charge in [-0.2, -0.15) is 13.2 Å². The summed E-state index contributed by atoms with van der Waals surface area (Å²) < 4.78 is 39.0. The molecular formula is C13H12F3N3O2. The first-order valence-electron chi connectivity index (χ1n) is 6.47. The summed E-state index contributed by atoms with van der Waals surface area (Å²) in [5.74, 6) is 0. The van der Waals surface area contributed by atoms with Crippen LogP contribution in [-0.4, -0.2) is 16.1 Å². The number of benzene rings is 1. The van der Waals surface area contributed by atoms with Crippen molar-refractivity contribution >= 4 is 10.9 Å². The molecule has 0 aliphatic carbocycles. The number of hydrogen-bond donors (Lipinski definition) is 2. The molecule has 1 unspecified atom stereocenters. The molecule has 0 spiro atoms. The Labute approximate surface area is 116 Å². The number of nitrogens with one attached hydrogen (secondary N) is 2. The lowest BCUT2D eigenvalue weighted by molar-refractivity contribution is -0.137. The third kappa shape index (κ3) is 2.35. The van der Waals surface area contributed by atoms with E-state index in [1.165, 1.54) is 0 Å². The zero-order valence-corrected chi connectivity index (χ0v) is 10.8. The number of alkyl halides is 3. The minimum absolute atomic E-state index is 0.0660. The first kappa shape index (κ1) is 13.9. The summed E-state index contributed by atoms with van der Waals surface area (Å²) in [7, 11) is 0. The fraction of sp³-hybridized carbons (Fsp3) is 0.385. The summed E-state index contributed by atoms with van der Waals surface area (Å²) in [5, 5.41) is 3.08. The van der Waals surface area contributed by atoms with Gasteiger partial charge >= 0.3 is 11.9 Å². The number of fused-ring (bicyclic) bond motifs is 1. The lowest BCUT2D eigenvalue weighted by Crippen LogP contribution is -2.41. The predicted octanol–water partition coefficient (Wildman–Crippen LogP) is 1.59. The molecule has 5 nitrogen and oxygen atoms in total. The van der Waals surface area contributed by atoms with Crippen molar-refractivity contribution < 1.29 is 13.2 Å². The van der Waals surface area contributed by atoms with Gasteiger partial charge in [-0.05, 0) is 37.6 Å². The van der Waals surface area contributed by atoms with E-state index in [-0.39, 0.29) is 10.9 Å². The minimum Gasteiger partial charge on any atom is -0.307 e. The van der Waals surface area contributed by atoms with Gasteiger partial charge in [0.15, 0.2) is 0 Å². The number of aromatic nitrogens is 2. The van der Waals surface area contributed by atoms with Crippen LogP contribution >= 0.6 is 0 Å². The highest BCUT2D eigenvalue weighted by atomic mass is 19.4. The number of H-pyrrole nitrogens is 1. The Morgan fingerprint density at radius 2 is 2.00 bits per heavy atom. The lowest BCUT2D eigenvalue weighted by atomic mass is 10.1. The van der Waals surface area contributed by atoms with Crippen LogP contribution in [0.15, 0.2) is 27.8 Å². The average molecular weight is 299 g/mol. The molecule has 3 rings (SSSR count). The van der Waals surface area contributed by atoms with Gasteiger partial charge in [0.2, 0.25) is 0 Å².